The molecular weight excluding hydrogens is 307 g/mol. The fraction of sp³-hybridized carbons (Fsp3) is 0.214. The lowest BCUT2D eigenvalue weighted by Crippen LogP contribution is -2.36. The Morgan fingerprint density at radius 1 is 1.32 bits per heavy atom. The van der Waals surface area contributed by atoms with Crippen molar-refractivity contribution in [2.75, 3.05) is 25.5 Å². The van der Waals surface area contributed by atoms with E-state index in [1.54, 1.807) is 24.6 Å². The van der Waals surface area contributed by atoms with Crippen LogP contribution in [0.4, 0.5) is 9.52 Å². The van der Waals surface area contributed by atoms with Crippen LogP contribution in [0.15, 0.2) is 29.6 Å². The van der Waals surface area contributed by atoms with Crippen molar-refractivity contribution in [2.45, 2.75) is 0 Å². The molecule has 0 saturated carbocycles. The number of primary amides is 1. The number of hydrogen-bond acceptors (Lipinski definition) is 5. The number of nitrogens with two attached hydrogens (primary N) is 1. The Kier molecular flexibility index (Phi) is 5.18. The third-order valence-corrected chi connectivity index (χ3v) is 3.49. The number of nitrogens with zero attached hydrogens (tertiary/aromatic N) is 2. The van der Waals surface area contributed by atoms with Crippen molar-refractivity contribution in [2.24, 2.45) is 5.73 Å². The Bertz CT molecular complexity index is 672. The van der Waals surface area contributed by atoms with E-state index in [9.17, 15) is 14.0 Å². The zero-order valence-electron chi connectivity index (χ0n) is 11.9. The van der Waals surface area contributed by atoms with Crippen LogP contribution >= 0.6 is 11.3 Å². The van der Waals surface area contributed by atoms with Crippen LogP contribution in [0.25, 0.3) is 11.3 Å². The zero-order chi connectivity index (χ0) is 16.1. The maximum Gasteiger partial charge on any atom is 0.240 e. The molecule has 1 heterocycles. The summed E-state index contributed by atoms with van der Waals surface area (Å²) in [6, 6.07) is 5.95. The summed E-state index contributed by atoms with van der Waals surface area (Å²) >= 11 is 1.27. The second-order valence-electron chi connectivity index (χ2n) is 4.73. The minimum Gasteiger partial charge on any atom is -0.369 e. The summed E-state index contributed by atoms with van der Waals surface area (Å²) in [5, 5.41) is 4.86. The van der Waals surface area contributed by atoms with Gasteiger partial charge in [-0.2, -0.15) is 0 Å². The summed E-state index contributed by atoms with van der Waals surface area (Å²) in [5.74, 6) is -1.10. The molecule has 2 amide bonds. The number of likely N-dealkylation sites (N-methyl/N-ethyl adjacent to an activating group) is 1. The van der Waals surface area contributed by atoms with Gasteiger partial charge in [-0.1, -0.05) is 0 Å². The average Bonchev–Trinajstić information content (AvgIpc) is 2.86. The second-order valence-corrected chi connectivity index (χ2v) is 5.59. The highest BCUT2D eigenvalue weighted by Crippen LogP contribution is 2.24. The van der Waals surface area contributed by atoms with Gasteiger partial charge in [0.1, 0.15) is 5.82 Å². The Hall–Kier alpha value is -2.32. The summed E-state index contributed by atoms with van der Waals surface area (Å²) < 4.78 is 12.9. The molecular formula is C14H15FN4O2S. The Labute approximate surface area is 130 Å². The van der Waals surface area contributed by atoms with Crippen LogP contribution in [0.5, 0.6) is 0 Å². The van der Waals surface area contributed by atoms with E-state index in [2.05, 4.69) is 10.3 Å². The fourth-order valence-corrected chi connectivity index (χ4v) is 2.55. The molecule has 116 valence electrons. The minimum atomic E-state index is -0.497. The van der Waals surface area contributed by atoms with Crippen LogP contribution in [-0.4, -0.2) is 41.8 Å². The van der Waals surface area contributed by atoms with Crippen LogP contribution in [0.3, 0.4) is 0 Å². The summed E-state index contributed by atoms with van der Waals surface area (Å²) in [5.41, 5.74) is 6.48. The number of hydrogen-bond donors (Lipinski definition) is 2. The van der Waals surface area contributed by atoms with Gasteiger partial charge in [-0.3, -0.25) is 14.5 Å². The highest BCUT2D eigenvalue weighted by molar-refractivity contribution is 7.14. The molecule has 6 nitrogen and oxygen atoms in total. The van der Waals surface area contributed by atoms with Gasteiger partial charge >= 0.3 is 0 Å². The number of rotatable bonds is 6. The Morgan fingerprint density at radius 3 is 2.64 bits per heavy atom. The number of aromatic nitrogens is 1. The Balaban J connectivity index is 1.95. The molecule has 0 aliphatic heterocycles. The largest absolute Gasteiger partial charge is 0.369 e. The van der Waals surface area contributed by atoms with E-state index < -0.39 is 5.91 Å². The maximum atomic E-state index is 12.9. The van der Waals surface area contributed by atoms with E-state index >= 15 is 0 Å². The molecule has 0 saturated heterocycles. The molecule has 8 heteroatoms. The lowest BCUT2D eigenvalue weighted by Gasteiger charge is -2.12. The normalized spacial score (nSPS) is 10.7. The van der Waals surface area contributed by atoms with Gasteiger partial charge in [0.2, 0.25) is 11.8 Å². The fourth-order valence-electron chi connectivity index (χ4n) is 1.81. The van der Waals surface area contributed by atoms with E-state index in [1.165, 1.54) is 28.4 Å². The molecule has 0 aliphatic carbocycles. The number of halogens is 1. The third kappa shape index (κ3) is 4.61. The van der Waals surface area contributed by atoms with Crippen LogP contribution in [-0.2, 0) is 9.59 Å². The number of anilines is 1. The van der Waals surface area contributed by atoms with E-state index in [0.29, 0.717) is 10.8 Å². The molecule has 1 aromatic heterocycles. The van der Waals surface area contributed by atoms with Gasteiger partial charge in [0.05, 0.1) is 18.8 Å². The maximum absolute atomic E-state index is 12.9. The molecule has 0 radical (unpaired) electrons. The van der Waals surface area contributed by atoms with Crippen LogP contribution in [0, 0.1) is 5.82 Å². The molecule has 0 fully saturated rings. The van der Waals surface area contributed by atoms with Crippen molar-refractivity contribution in [1.29, 1.82) is 0 Å². The lowest BCUT2D eigenvalue weighted by atomic mass is 10.2. The predicted molar refractivity (Wildman–Crippen MR) is 82.8 cm³/mol. The third-order valence-electron chi connectivity index (χ3n) is 2.73. The number of amides is 2. The minimum absolute atomic E-state index is 0.00607. The average molecular weight is 322 g/mol. The summed E-state index contributed by atoms with van der Waals surface area (Å²) in [4.78, 5) is 28.3. The van der Waals surface area contributed by atoms with Gasteiger partial charge in [-0.15, -0.1) is 11.3 Å². The number of benzene rings is 1. The van der Waals surface area contributed by atoms with Crippen LogP contribution in [0.2, 0.25) is 0 Å². The van der Waals surface area contributed by atoms with Gasteiger partial charge in [0, 0.05) is 10.9 Å². The smallest absolute Gasteiger partial charge is 0.240 e. The van der Waals surface area contributed by atoms with Crippen molar-refractivity contribution in [3.63, 3.8) is 0 Å². The van der Waals surface area contributed by atoms with Crippen molar-refractivity contribution >= 4 is 28.3 Å². The van der Waals surface area contributed by atoms with Crippen LogP contribution < -0.4 is 11.1 Å². The summed E-state index contributed by atoms with van der Waals surface area (Å²) in [7, 11) is 1.62. The molecule has 0 spiro atoms. The van der Waals surface area contributed by atoms with Crippen molar-refractivity contribution in [3.8, 4) is 11.3 Å². The van der Waals surface area contributed by atoms with E-state index in [1.807, 2.05) is 0 Å². The van der Waals surface area contributed by atoms with Gasteiger partial charge in [-0.25, -0.2) is 9.37 Å². The number of carbonyl (C=O) groups is 2. The molecule has 0 atom stereocenters. The van der Waals surface area contributed by atoms with Crippen molar-refractivity contribution in [1.82, 2.24) is 9.88 Å². The Morgan fingerprint density at radius 2 is 2.00 bits per heavy atom. The van der Waals surface area contributed by atoms with Crippen molar-refractivity contribution in [3.05, 3.63) is 35.5 Å². The predicted octanol–water partition coefficient (Wildman–Crippen LogP) is 1.30. The first-order valence-electron chi connectivity index (χ1n) is 6.42. The van der Waals surface area contributed by atoms with Crippen LogP contribution in [0.1, 0.15) is 0 Å². The number of carbonyl (C=O) groups excluding carboxylic acids is 2. The first kappa shape index (κ1) is 16.1. The first-order chi connectivity index (χ1) is 10.4. The highest BCUT2D eigenvalue weighted by Gasteiger charge is 2.11. The summed E-state index contributed by atoms with van der Waals surface area (Å²) in [6.07, 6.45) is 0. The highest BCUT2D eigenvalue weighted by atomic mass is 32.1. The molecule has 22 heavy (non-hydrogen) atoms. The molecule has 3 N–H and O–H groups in total. The van der Waals surface area contributed by atoms with E-state index in [0.717, 1.165) is 5.56 Å². The number of nitrogens with one attached hydrogen (secondary N) is 1. The standard InChI is InChI=1S/C14H15FN4O2S/c1-19(6-12(16)20)7-13(21)18-14-17-11(8-22-14)9-2-4-10(15)5-3-9/h2-5,8H,6-7H2,1H3,(H2,16,20)(H,17,18,21). The molecule has 0 aliphatic rings. The SMILES string of the molecule is CN(CC(N)=O)CC(=O)Nc1nc(-c2ccc(F)cc2)cs1. The molecule has 1 aromatic carbocycles. The zero-order valence-corrected chi connectivity index (χ0v) is 12.7. The van der Waals surface area contributed by atoms with E-state index in [-0.39, 0.29) is 24.8 Å². The van der Waals surface area contributed by atoms with Gasteiger partial charge in [-0.05, 0) is 31.3 Å². The molecule has 0 unspecified atom stereocenters. The molecule has 2 aromatic rings. The monoisotopic (exact) mass is 322 g/mol. The van der Waals surface area contributed by atoms with Gasteiger partial charge in [0.15, 0.2) is 5.13 Å². The molecule has 2 rings (SSSR count). The van der Waals surface area contributed by atoms with Crippen molar-refractivity contribution < 1.29 is 14.0 Å². The molecule has 0 bridgehead atoms. The van der Waals surface area contributed by atoms with Gasteiger partial charge in [0.25, 0.3) is 0 Å². The number of thiazole rings is 1. The van der Waals surface area contributed by atoms with E-state index in [4.69, 9.17) is 5.73 Å². The van der Waals surface area contributed by atoms with Gasteiger partial charge < -0.3 is 11.1 Å². The lowest BCUT2D eigenvalue weighted by molar-refractivity contribution is -0.120. The quantitative estimate of drug-likeness (QED) is 0.839. The first-order valence-corrected chi connectivity index (χ1v) is 7.30. The summed E-state index contributed by atoms with van der Waals surface area (Å²) in [6.45, 7) is 0.0422. The second kappa shape index (κ2) is 7.10. The topological polar surface area (TPSA) is 88.3 Å².